The molecule has 0 radical (unpaired) electrons. The molecule has 23 rings (SSSR count). The number of phenols is 1. The first-order valence-corrected chi connectivity index (χ1v) is 49.8. The standard InChI is InChI=1S/C108H112Cl2N10O26/c1-47(2)28-77(120(5)106(137)141-46-71-65-20-12-8-16-61(65)62-17-9-13-21-66(62)71)98(130)117-89-91(124)52-23-26-78(74(109)35-52)143-80-37-56-38-81(95(80)146-104-69(93(126)94(127)82(44-121)145-104)41-58-43-107(4,96(128)48(3)142-58)119-105(136)140-45-70-63-18-10-6-14-59(63)60-15-7-11-19-64(60)70)144-79-27-24-53(36-75(79)110)92(125)90-103(135)116-88(101(133)113-85-54-30-49-29-50(32-54)33-55(85)31-49)68-39-57(122)40-73-84(68)67-34-51(22-25-72(67)108(73,138)139)86(99(131)118-90)115-100(132)87(56)114-97(129)76(42-83(111)123)112-102(89)134/h6-27,34-40,47-50,54-55,58,69-71,76-77,82,85-94,96,104,121-122,124-128,138-139H,28-33,41-46H2,1-5H3,(H2,111,123)(H,112,134)(H,113,133)(H,114,129)(H,115,132)(H,116,135)(H,117,130)(H,118,131)(H,119,136)/t48-,49?,50?,54?,55?,58-,69+,76-,77+,82+,85?,86+,87+,88-,89+,90-,91+,92+,93+,94+,96+,104-,107-/m0/s1. The van der Waals surface area contributed by atoms with Gasteiger partial charge in [-0.15, -0.1) is 0 Å². The zero-order valence-electron chi connectivity index (χ0n) is 79.9. The summed E-state index contributed by atoms with van der Waals surface area (Å²) in [6.07, 6.45) is -14.8. The summed E-state index contributed by atoms with van der Waals surface area (Å²) in [7, 11) is 1.31. The minimum Gasteiger partial charge on any atom is -0.508 e. The number of hydrogen-bond donors (Lipinski definition) is 18. The number of phenolic OH excluding ortho intramolecular Hbond substituents is 1. The maximum Gasteiger partial charge on any atom is 0.410 e. The first kappa shape index (κ1) is 100.0. The molecule has 18 atom stereocenters. The lowest BCUT2D eigenvalue weighted by Crippen LogP contribution is -2.64. The van der Waals surface area contributed by atoms with Crippen LogP contribution in [-0.4, -0.2) is 216 Å². The molecule has 6 fully saturated rings. The van der Waals surface area contributed by atoms with E-state index in [1.54, 1.807) is 27.7 Å². The van der Waals surface area contributed by atoms with E-state index in [0.717, 1.165) is 118 Å². The lowest BCUT2D eigenvalue weighted by atomic mass is 9.54. The molecular formula is C108H112Cl2N10O26. The van der Waals surface area contributed by atoms with Gasteiger partial charge in [0.05, 0.1) is 52.8 Å². The van der Waals surface area contributed by atoms with E-state index in [4.69, 9.17) is 62.1 Å². The molecule has 19 N–H and O–H groups in total. The van der Waals surface area contributed by atoms with Crippen LogP contribution in [0.25, 0.3) is 33.4 Å². The summed E-state index contributed by atoms with van der Waals surface area (Å²) in [5.41, 5.74) is 9.67. The largest absolute Gasteiger partial charge is 0.508 e. The molecule has 146 heavy (non-hydrogen) atoms. The number of carbonyl (C=O) groups is 10. The van der Waals surface area contributed by atoms with Crippen LogP contribution in [0.4, 0.5) is 9.59 Å². The smallest absolute Gasteiger partial charge is 0.410 e. The van der Waals surface area contributed by atoms with Gasteiger partial charge in [-0.1, -0.05) is 158 Å². The van der Waals surface area contributed by atoms with Crippen molar-refractivity contribution in [1.82, 2.24) is 47.4 Å². The van der Waals surface area contributed by atoms with Gasteiger partial charge < -0.3 is 127 Å². The van der Waals surface area contributed by atoms with Gasteiger partial charge in [0, 0.05) is 36.1 Å². The maximum absolute atomic E-state index is 16.8. The molecule has 9 aromatic carbocycles. The Labute approximate surface area is 847 Å². The highest BCUT2D eigenvalue weighted by Crippen LogP contribution is 2.57. The number of amides is 10. The van der Waals surface area contributed by atoms with Crippen molar-refractivity contribution in [1.29, 1.82) is 0 Å². The van der Waals surface area contributed by atoms with E-state index < -0.39 is 232 Å². The minimum atomic E-state index is -3.01. The summed E-state index contributed by atoms with van der Waals surface area (Å²) in [6.45, 7) is 5.39. The quantitative estimate of drug-likeness (QED) is 0.0336. The molecule has 0 unspecified atom stereocenters. The Bertz CT molecular complexity index is 6630. The van der Waals surface area contributed by atoms with E-state index in [-0.39, 0.29) is 118 Å². The molecule has 9 aromatic rings. The number of nitrogens with zero attached hydrogens (tertiary/aromatic N) is 1. The molecule has 7 aliphatic carbocycles. The van der Waals surface area contributed by atoms with E-state index >= 15 is 33.6 Å². The normalized spacial score (nSPS) is 28.8. The number of primary amides is 1. The van der Waals surface area contributed by atoms with Gasteiger partial charge >= 0.3 is 12.2 Å². The lowest BCUT2D eigenvalue weighted by Gasteiger charge is -2.54. The number of ether oxygens (including phenoxy) is 7. The summed E-state index contributed by atoms with van der Waals surface area (Å²) in [6, 6.07) is 30.9. The van der Waals surface area contributed by atoms with Gasteiger partial charge in [0.2, 0.25) is 65.1 Å². The van der Waals surface area contributed by atoms with Crippen LogP contribution in [-0.2, 0) is 63.1 Å². The number of likely N-dealkylation sites (N-methyl/N-ethyl adjacent to an activating group) is 1. The first-order valence-electron chi connectivity index (χ1n) is 49.1. The number of aliphatic hydroxyl groups excluding tert-OH is 6. The fourth-order valence-corrected chi connectivity index (χ4v) is 24.6. The lowest BCUT2D eigenvalue weighted by molar-refractivity contribution is -0.269. The number of nitrogens with one attached hydrogen (secondary N) is 8. The summed E-state index contributed by atoms with van der Waals surface area (Å²) in [5, 5.41) is 132. The third-order valence-corrected chi connectivity index (χ3v) is 31.6. The Hall–Kier alpha value is -13.3. The number of alkyl carbamates (subject to hydrolysis) is 1. The molecule has 14 aliphatic rings. The fraction of sp³-hybridized carbons (Fsp3) is 0.407. The summed E-state index contributed by atoms with van der Waals surface area (Å²) in [4.78, 5) is 156. The Morgan fingerprint density at radius 3 is 1.69 bits per heavy atom. The van der Waals surface area contributed by atoms with Crippen molar-refractivity contribution in [2.24, 2.45) is 41.2 Å². The number of halogens is 2. The second kappa shape index (κ2) is 39.8. The predicted molar refractivity (Wildman–Crippen MR) is 524 cm³/mol. The predicted octanol–water partition coefficient (Wildman–Crippen LogP) is 8.96. The van der Waals surface area contributed by atoms with Crippen molar-refractivity contribution in [3.05, 3.63) is 247 Å². The van der Waals surface area contributed by atoms with Crippen LogP contribution in [0.15, 0.2) is 176 Å². The summed E-state index contributed by atoms with van der Waals surface area (Å²) < 4.78 is 46.0. The number of benzene rings is 9. The summed E-state index contributed by atoms with van der Waals surface area (Å²) >= 11 is 14.8. The number of fused-ring (bicyclic) bond motifs is 18. The van der Waals surface area contributed by atoms with Crippen LogP contribution < -0.4 is 62.5 Å². The Morgan fingerprint density at radius 1 is 0.575 bits per heavy atom. The summed E-state index contributed by atoms with van der Waals surface area (Å²) in [5.74, 6) is -17.8. The first-order chi connectivity index (χ1) is 69.8. The highest BCUT2D eigenvalue weighted by Gasteiger charge is 2.56. The molecule has 7 heterocycles. The molecule has 764 valence electrons. The van der Waals surface area contributed by atoms with E-state index in [1.165, 1.54) is 49.5 Å². The van der Waals surface area contributed by atoms with Crippen molar-refractivity contribution < 1.29 is 127 Å². The number of aromatic hydroxyl groups is 1. The minimum absolute atomic E-state index is 0.0561. The van der Waals surface area contributed by atoms with E-state index in [2.05, 4.69) is 42.5 Å². The average Bonchev–Trinajstić information content (AvgIpc) is 1.55. The van der Waals surface area contributed by atoms with Crippen LogP contribution in [0.2, 0.25) is 10.0 Å². The second-order valence-corrected chi connectivity index (χ2v) is 41.8. The van der Waals surface area contributed by atoms with E-state index in [1.807, 2.05) is 97.1 Å². The monoisotopic (exact) mass is 2030 g/mol. The number of rotatable bonds is 19. The third kappa shape index (κ3) is 18.8. The molecule has 10 amide bonds. The molecule has 0 spiro atoms. The zero-order valence-corrected chi connectivity index (χ0v) is 81.4. The van der Waals surface area contributed by atoms with Crippen molar-refractivity contribution >= 4 is 82.6 Å². The third-order valence-electron chi connectivity index (χ3n) is 31.0. The molecule has 15 bridgehead atoms. The van der Waals surface area contributed by atoms with Crippen LogP contribution in [0, 0.1) is 35.5 Å². The van der Waals surface area contributed by atoms with Crippen LogP contribution >= 0.6 is 23.2 Å². The molecule has 36 nitrogen and oxygen atoms in total. The second-order valence-electron chi connectivity index (χ2n) is 41.0. The van der Waals surface area contributed by atoms with Gasteiger partial charge in [0.1, 0.15) is 103 Å². The number of nitrogens with two attached hydrogens (primary N) is 1. The average molecular weight is 2040 g/mol. The molecular weight excluding hydrogens is 1920 g/mol. The zero-order chi connectivity index (χ0) is 103. The SMILES string of the molecule is CC(C)C[C@H](C(=O)N[C@H]1C(=O)N[C@@H](CC(N)=O)C(=O)N[C@H]2C(=O)N[C@H]3C(=O)N[C@H](C(=O)N[C@H](C(=O)NC4C5CC6CC(C5)CC4C6)c4cc(O)cc5c4-c4cc3ccc4C5(O)O)[C@H](O)c3ccc(c(Cl)c3)Oc3cc2cc(c3O[C@@H]2O[C@H](CO)[C@@H](O)[C@H](O)[C@H]2C[C@H]2C[C@](C)(NC(=O)OCC3c4ccccc4-c4ccccc43)[C@H](O)[C@H](C)O2)Oc2ccc(cc2Cl)[C@H]1O)N(C)C(=O)OCC1c2ccccc2-c2ccccc21. The van der Waals surface area contributed by atoms with Gasteiger partial charge in [-0.2, -0.15) is 0 Å². The van der Waals surface area contributed by atoms with Crippen LogP contribution in [0.5, 0.6) is 34.5 Å². The Balaban J connectivity index is 0.702. The number of hydrogen-bond acceptors (Lipinski definition) is 26. The Morgan fingerprint density at radius 2 is 1.12 bits per heavy atom. The van der Waals surface area contributed by atoms with Crippen LogP contribution in [0.3, 0.4) is 0 Å². The van der Waals surface area contributed by atoms with Crippen molar-refractivity contribution in [2.45, 2.75) is 212 Å². The van der Waals surface area contributed by atoms with Gasteiger partial charge in [0.25, 0.3) is 0 Å². The number of carbonyl (C=O) groups excluding carboxylic acids is 10. The van der Waals surface area contributed by atoms with Crippen molar-refractivity contribution in [3.8, 4) is 67.9 Å². The van der Waals surface area contributed by atoms with E-state index in [9.17, 15) is 60.3 Å². The van der Waals surface area contributed by atoms with Crippen molar-refractivity contribution in [2.75, 3.05) is 26.9 Å². The molecule has 0 aromatic heterocycles. The highest BCUT2D eigenvalue weighted by atomic mass is 35.5. The molecule has 2 saturated heterocycles. The topological polar surface area (TPSA) is 543 Å². The highest BCUT2D eigenvalue weighted by molar-refractivity contribution is 6.32. The van der Waals surface area contributed by atoms with Crippen molar-refractivity contribution in [3.63, 3.8) is 0 Å². The van der Waals surface area contributed by atoms with Gasteiger partial charge in [0.15, 0.2) is 11.5 Å². The van der Waals surface area contributed by atoms with Crippen LogP contribution in [0.1, 0.15) is 189 Å². The maximum atomic E-state index is 16.8. The molecule has 7 aliphatic heterocycles. The molecule has 38 heteroatoms. The number of aliphatic hydroxyl groups is 8. The van der Waals surface area contributed by atoms with Gasteiger partial charge in [-0.25, -0.2) is 9.59 Å². The van der Waals surface area contributed by atoms with Gasteiger partial charge in [-0.3, -0.25) is 43.3 Å². The van der Waals surface area contributed by atoms with Gasteiger partial charge in [-0.05, 0) is 233 Å². The molecule has 4 saturated carbocycles. The Kier molecular flexibility index (Phi) is 27.3. The van der Waals surface area contributed by atoms with E-state index in [0.29, 0.717) is 11.8 Å². The fourth-order valence-electron chi connectivity index (χ4n) is 24.1.